The minimum absolute atomic E-state index is 0.366. The highest BCUT2D eigenvalue weighted by Crippen LogP contribution is 2.04. The van der Waals surface area contributed by atoms with Crippen LogP contribution >= 0.6 is 0 Å². The van der Waals surface area contributed by atoms with Gasteiger partial charge in [0.15, 0.2) is 5.70 Å². The van der Waals surface area contributed by atoms with Gasteiger partial charge in [-0.3, -0.25) is 5.43 Å². The van der Waals surface area contributed by atoms with Gasteiger partial charge in [0.2, 0.25) is 0 Å². The Morgan fingerprint density at radius 3 is 2.71 bits per heavy atom. The SMILES string of the molecule is Cc1ccc(CCOC(=O)C2=CNNN2)cc1. The van der Waals surface area contributed by atoms with Gasteiger partial charge >= 0.3 is 5.97 Å². The zero-order valence-electron chi connectivity index (χ0n) is 9.62. The van der Waals surface area contributed by atoms with Gasteiger partial charge in [-0.25, -0.2) is 4.79 Å². The molecular weight excluding hydrogens is 218 g/mol. The maximum Gasteiger partial charge on any atom is 0.357 e. The summed E-state index contributed by atoms with van der Waals surface area (Å²) >= 11 is 0. The molecule has 1 aromatic rings. The van der Waals surface area contributed by atoms with Crippen molar-refractivity contribution < 1.29 is 9.53 Å². The van der Waals surface area contributed by atoms with Crippen molar-refractivity contribution in [3.05, 3.63) is 47.3 Å². The number of rotatable bonds is 4. The average Bonchev–Trinajstić information content (AvgIpc) is 2.85. The van der Waals surface area contributed by atoms with Crippen molar-refractivity contribution in [3.63, 3.8) is 0 Å². The van der Waals surface area contributed by atoms with Crippen LogP contribution < -0.4 is 16.4 Å². The zero-order valence-corrected chi connectivity index (χ0v) is 9.62. The fourth-order valence-corrected chi connectivity index (χ4v) is 1.45. The second-order valence-corrected chi connectivity index (χ2v) is 3.82. The summed E-state index contributed by atoms with van der Waals surface area (Å²) in [5.74, 6) is -0.366. The van der Waals surface area contributed by atoms with Crippen molar-refractivity contribution in [1.29, 1.82) is 0 Å². The first-order valence-corrected chi connectivity index (χ1v) is 5.45. The number of aryl methyl sites for hydroxylation is 1. The maximum atomic E-state index is 11.5. The lowest BCUT2D eigenvalue weighted by Gasteiger charge is -2.05. The van der Waals surface area contributed by atoms with Crippen LogP contribution in [0.5, 0.6) is 0 Å². The van der Waals surface area contributed by atoms with Gasteiger partial charge < -0.3 is 10.2 Å². The van der Waals surface area contributed by atoms with Gasteiger partial charge in [-0.05, 0) is 12.5 Å². The summed E-state index contributed by atoms with van der Waals surface area (Å²) in [6.07, 6.45) is 2.24. The van der Waals surface area contributed by atoms with E-state index in [0.717, 1.165) is 12.0 Å². The summed E-state index contributed by atoms with van der Waals surface area (Å²) in [4.78, 5) is 11.5. The van der Waals surface area contributed by atoms with Crippen LogP contribution in [0.15, 0.2) is 36.2 Å². The molecule has 17 heavy (non-hydrogen) atoms. The molecule has 0 radical (unpaired) electrons. The van der Waals surface area contributed by atoms with Crippen LogP contribution in [0.1, 0.15) is 11.1 Å². The topological polar surface area (TPSA) is 62.4 Å². The number of ether oxygens (including phenoxy) is 1. The van der Waals surface area contributed by atoms with E-state index >= 15 is 0 Å². The van der Waals surface area contributed by atoms with Gasteiger partial charge in [-0.15, -0.1) is 0 Å². The number of esters is 1. The van der Waals surface area contributed by atoms with E-state index in [1.807, 2.05) is 31.2 Å². The van der Waals surface area contributed by atoms with E-state index in [0.29, 0.717) is 12.3 Å². The number of benzene rings is 1. The van der Waals surface area contributed by atoms with Crippen molar-refractivity contribution in [3.8, 4) is 0 Å². The smallest absolute Gasteiger partial charge is 0.357 e. The third-order valence-corrected chi connectivity index (χ3v) is 2.45. The maximum absolute atomic E-state index is 11.5. The van der Waals surface area contributed by atoms with Crippen LogP contribution in [-0.4, -0.2) is 12.6 Å². The highest BCUT2D eigenvalue weighted by molar-refractivity contribution is 5.87. The molecule has 1 heterocycles. The predicted molar refractivity (Wildman–Crippen MR) is 63.3 cm³/mol. The Morgan fingerprint density at radius 2 is 2.06 bits per heavy atom. The van der Waals surface area contributed by atoms with Gasteiger partial charge in [0.1, 0.15) is 0 Å². The molecule has 1 aromatic carbocycles. The number of carbonyl (C=O) groups is 1. The number of carbonyl (C=O) groups excluding carboxylic acids is 1. The second kappa shape index (κ2) is 5.36. The molecule has 2 rings (SSSR count). The highest BCUT2D eigenvalue weighted by atomic mass is 16.5. The van der Waals surface area contributed by atoms with Crippen LogP contribution in [0, 0.1) is 6.92 Å². The normalized spacial score (nSPS) is 13.6. The summed E-state index contributed by atoms with van der Waals surface area (Å²) in [7, 11) is 0. The third kappa shape index (κ3) is 3.22. The number of hydrogen-bond acceptors (Lipinski definition) is 5. The van der Waals surface area contributed by atoms with Crippen molar-refractivity contribution in [2.24, 2.45) is 0 Å². The average molecular weight is 233 g/mol. The van der Waals surface area contributed by atoms with Crippen LogP contribution in [0.3, 0.4) is 0 Å². The Bertz CT molecular complexity index is 426. The molecule has 1 aliphatic heterocycles. The van der Waals surface area contributed by atoms with Gasteiger partial charge in [-0.1, -0.05) is 29.8 Å². The van der Waals surface area contributed by atoms with Crippen molar-refractivity contribution in [2.45, 2.75) is 13.3 Å². The Labute approximate surface area is 99.8 Å². The lowest BCUT2D eigenvalue weighted by Crippen LogP contribution is -2.33. The molecule has 5 heteroatoms. The van der Waals surface area contributed by atoms with E-state index < -0.39 is 0 Å². The molecule has 3 N–H and O–H groups in total. The third-order valence-electron chi connectivity index (χ3n) is 2.45. The van der Waals surface area contributed by atoms with Crippen LogP contribution in [0.2, 0.25) is 0 Å². The van der Waals surface area contributed by atoms with E-state index in [9.17, 15) is 4.79 Å². The van der Waals surface area contributed by atoms with Gasteiger partial charge in [-0.2, -0.15) is 5.53 Å². The lowest BCUT2D eigenvalue weighted by atomic mass is 10.1. The monoisotopic (exact) mass is 233 g/mol. The first-order chi connectivity index (χ1) is 8.25. The summed E-state index contributed by atoms with van der Waals surface area (Å²) in [5.41, 5.74) is 10.6. The highest BCUT2D eigenvalue weighted by Gasteiger charge is 2.13. The van der Waals surface area contributed by atoms with Crippen LogP contribution in [0.4, 0.5) is 0 Å². The Kier molecular flexibility index (Phi) is 3.62. The van der Waals surface area contributed by atoms with E-state index in [1.165, 1.54) is 11.8 Å². The van der Waals surface area contributed by atoms with Crippen molar-refractivity contribution in [2.75, 3.05) is 6.61 Å². The van der Waals surface area contributed by atoms with Gasteiger partial charge in [0.25, 0.3) is 0 Å². The molecule has 0 fully saturated rings. The van der Waals surface area contributed by atoms with Gasteiger partial charge in [0, 0.05) is 12.6 Å². The summed E-state index contributed by atoms with van der Waals surface area (Å²) in [5, 5.41) is 0. The largest absolute Gasteiger partial charge is 0.461 e. The van der Waals surface area contributed by atoms with E-state index in [1.54, 1.807) is 0 Å². The standard InChI is InChI=1S/C12H15N3O2/c1-9-2-4-10(5-3-9)6-7-17-12(16)11-8-13-15-14-11/h2-5,8,13-15H,6-7H2,1H3. The quantitative estimate of drug-likeness (QED) is 0.662. The Balaban J connectivity index is 1.75. The van der Waals surface area contributed by atoms with Crippen molar-refractivity contribution >= 4 is 5.97 Å². The Hall–Kier alpha value is -2.01. The molecule has 0 aliphatic carbocycles. The summed E-state index contributed by atoms with van der Waals surface area (Å²) in [6, 6.07) is 8.18. The molecular formula is C12H15N3O2. The van der Waals surface area contributed by atoms with Crippen molar-refractivity contribution in [1.82, 2.24) is 16.4 Å². The minimum atomic E-state index is -0.366. The van der Waals surface area contributed by atoms with E-state index in [2.05, 4.69) is 16.4 Å². The fraction of sp³-hybridized carbons (Fsp3) is 0.250. The number of hydrazine groups is 2. The lowest BCUT2D eigenvalue weighted by molar-refractivity contribution is -0.139. The molecule has 5 nitrogen and oxygen atoms in total. The first kappa shape index (κ1) is 11.5. The van der Waals surface area contributed by atoms with E-state index in [-0.39, 0.29) is 5.97 Å². The van der Waals surface area contributed by atoms with Crippen LogP contribution in [0.25, 0.3) is 0 Å². The molecule has 0 aromatic heterocycles. The summed E-state index contributed by atoms with van der Waals surface area (Å²) < 4.78 is 5.11. The number of hydrogen-bond donors (Lipinski definition) is 3. The first-order valence-electron chi connectivity index (χ1n) is 5.45. The minimum Gasteiger partial charge on any atom is -0.461 e. The molecule has 0 amide bonds. The van der Waals surface area contributed by atoms with Gasteiger partial charge in [0.05, 0.1) is 6.61 Å². The van der Waals surface area contributed by atoms with E-state index in [4.69, 9.17) is 4.74 Å². The Morgan fingerprint density at radius 1 is 1.29 bits per heavy atom. The molecule has 0 bridgehead atoms. The molecule has 0 atom stereocenters. The summed E-state index contributed by atoms with van der Waals surface area (Å²) in [6.45, 7) is 2.42. The molecule has 0 spiro atoms. The molecule has 0 unspecified atom stereocenters. The molecule has 0 saturated carbocycles. The second-order valence-electron chi connectivity index (χ2n) is 3.82. The van der Waals surface area contributed by atoms with Crippen LogP contribution in [-0.2, 0) is 16.0 Å². The zero-order chi connectivity index (χ0) is 12.1. The number of nitrogens with one attached hydrogen (secondary N) is 3. The molecule has 0 saturated heterocycles. The molecule has 90 valence electrons. The predicted octanol–water partition coefficient (Wildman–Crippen LogP) is 0.535. The fourth-order valence-electron chi connectivity index (χ4n) is 1.45. The molecule has 1 aliphatic rings.